The maximum absolute atomic E-state index is 12.4. The smallest absolute Gasteiger partial charge is 0.308 e. The molecule has 2 aliphatic rings. The summed E-state index contributed by atoms with van der Waals surface area (Å²) < 4.78 is 4.88. The minimum atomic E-state index is -0.527. The number of methoxy groups -OCH3 is 1. The normalized spacial score (nSPS) is 34.1. The van der Waals surface area contributed by atoms with Gasteiger partial charge in [-0.05, 0) is 44.9 Å². The van der Waals surface area contributed by atoms with Crippen molar-refractivity contribution in [1.82, 2.24) is 5.32 Å². The highest BCUT2D eigenvalue weighted by Crippen LogP contribution is 2.51. The molecule has 4 unspecified atom stereocenters. The Balaban J connectivity index is 2.03. The Morgan fingerprint density at radius 2 is 2.15 bits per heavy atom. The van der Waals surface area contributed by atoms with Gasteiger partial charge < -0.3 is 15.2 Å². The summed E-state index contributed by atoms with van der Waals surface area (Å²) in [5, 5.41) is 12.1. The first kappa shape index (κ1) is 15.3. The first-order valence-corrected chi connectivity index (χ1v) is 7.53. The van der Waals surface area contributed by atoms with Crippen molar-refractivity contribution in [3.63, 3.8) is 0 Å². The van der Waals surface area contributed by atoms with Crippen LogP contribution in [0.5, 0.6) is 0 Å². The number of carbonyl (C=O) groups excluding carboxylic acids is 2. The lowest BCUT2D eigenvalue weighted by Crippen LogP contribution is -2.50. The molecule has 2 N–H and O–H groups in total. The molecule has 0 saturated heterocycles. The highest BCUT2D eigenvalue weighted by Gasteiger charge is 2.49. The Morgan fingerprint density at radius 1 is 1.40 bits per heavy atom. The molecule has 4 atom stereocenters. The van der Waals surface area contributed by atoms with E-state index in [1.165, 1.54) is 7.11 Å². The molecule has 5 heteroatoms. The van der Waals surface area contributed by atoms with Crippen molar-refractivity contribution in [2.24, 2.45) is 17.3 Å². The molecule has 5 nitrogen and oxygen atoms in total. The summed E-state index contributed by atoms with van der Waals surface area (Å²) in [6, 6.07) is 0. The molecule has 0 heterocycles. The molecule has 0 aliphatic heterocycles. The molecule has 0 aromatic rings. The second-order valence-electron chi connectivity index (χ2n) is 6.36. The van der Waals surface area contributed by atoms with E-state index in [9.17, 15) is 14.7 Å². The number of ether oxygens (including phenoxy) is 1. The number of aliphatic hydroxyl groups is 1. The fraction of sp³-hybridized carbons (Fsp3) is 0.867. The summed E-state index contributed by atoms with van der Waals surface area (Å²) in [7, 11) is 1.43. The van der Waals surface area contributed by atoms with Crippen LogP contribution in [0.1, 0.15) is 45.4 Å². The molecule has 2 saturated carbocycles. The zero-order valence-corrected chi connectivity index (χ0v) is 12.4. The summed E-state index contributed by atoms with van der Waals surface area (Å²) in [5.41, 5.74) is -0.331. The second-order valence-corrected chi connectivity index (χ2v) is 6.36. The number of hydrogen-bond acceptors (Lipinski definition) is 4. The predicted molar refractivity (Wildman–Crippen MR) is 73.8 cm³/mol. The van der Waals surface area contributed by atoms with E-state index in [4.69, 9.17) is 4.74 Å². The van der Waals surface area contributed by atoms with E-state index in [-0.39, 0.29) is 29.1 Å². The number of nitrogens with one attached hydrogen (secondary N) is 1. The van der Waals surface area contributed by atoms with E-state index < -0.39 is 6.10 Å². The van der Waals surface area contributed by atoms with Gasteiger partial charge in [0.15, 0.2) is 0 Å². The second kappa shape index (κ2) is 6.12. The zero-order valence-electron chi connectivity index (χ0n) is 12.4. The molecular formula is C15H25NO4. The molecule has 1 amide bonds. The van der Waals surface area contributed by atoms with Gasteiger partial charge in [0.2, 0.25) is 5.91 Å². The van der Waals surface area contributed by atoms with Crippen LogP contribution in [0.3, 0.4) is 0 Å². The topological polar surface area (TPSA) is 75.6 Å². The molecule has 0 aromatic carbocycles. The quantitative estimate of drug-likeness (QED) is 0.761. The Bertz CT molecular complexity index is 382. The Kier molecular flexibility index (Phi) is 4.68. The molecule has 0 aromatic heterocycles. The van der Waals surface area contributed by atoms with Crippen LogP contribution in [0.25, 0.3) is 0 Å². The lowest BCUT2D eigenvalue weighted by Gasteiger charge is -2.46. The molecular weight excluding hydrogens is 258 g/mol. The Hall–Kier alpha value is -1.10. The molecule has 114 valence electrons. The third-order valence-corrected chi connectivity index (χ3v) is 4.93. The van der Waals surface area contributed by atoms with E-state index >= 15 is 0 Å². The molecule has 2 fully saturated rings. The lowest BCUT2D eigenvalue weighted by atomic mass is 9.58. The number of esters is 1. The van der Waals surface area contributed by atoms with Crippen molar-refractivity contribution >= 4 is 11.9 Å². The van der Waals surface area contributed by atoms with Gasteiger partial charge in [-0.3, -0.25) is 9.59 Å². The van der Waals surface area contributed by atoms with E-state index in [2.05, 4.69) is 5.32 Å². The van der Waals surface area contributed by atoms with Crippen molar-refractivity contribution in [1.29, 1.82) is 0 Å². The van der Waals surface area contributed by atoms with Crippen LogP contribution < -0.4 is 5.32 Å². The number of rotatable bonds is 4. The molecule has 0 spiro atoms. The first-order valence-electron chi connectivity index (χ1n) is 7.53. The van der Waals surface area contributed by atoms with E-state index in [0.717, 1.165) is 38.5 Å². The Labute approximate surface area is 120 Å². The van der Waals surface area contributed by atoms with E-state index in [1.54, 1.807) is 6.92 Å². The van der Waals surface area contributed by atoms with Gasteiger partial charge in [-0.25, -0.2) is 0 Å². The van der Waals surface area contributed by atoms with Gasteiger partial charge in [0, 0.05) is 12.0 Å². The van der Waals surface area contributed by atoms with Gasteiger partial charge in [-0.2, -0.15) is 0 Å². The minimum Gasteiger partial charge on any atom is -0.469 e. The average molecular weight is 283 g/mol. The van der Waals surface area contributed by atoms with Crippen LogP contribution in [-0.2, 0) is 14.3 Å². The number of amides is 1. The van der Waals surface area contributed by atoms with Crippen LogP contribution in [0.4, 0.5) is 0 Å². The van der Waals surface area contributed by atoms with E-state index in [0.29, 0.717) is 6.54 Å². The van der Waals surface area contributed by atoms with Gasteiger partial charge in [-0.1, -0.05) is 6.42 Å². The van der Waals surface area contributed by atoms with Gasteiger partial charge in [0.25, 0.3) is 0 Å². The maximum atomic E-state index is 12.4. The number of hydrogen-bond donors (Lipinski definition) is 2. The maximum Gasteiger partial charge on any atom is 0.308 e. The lowest BCUT2D eigenvalue weighted by molar-refractivity contribution is -0.155. The van der Waals surface area contributed by atoms with Gasteiger partial charge in [0.1, 0.15) is 0 Å². The predicted octanol–water partition coefficient (Wildman–Crippen LogP) is 1.24. The SMILES string of the molecule is COC(=O)C1CCC2(C(=O)NCC(C)O)CCCC1C2. The third kappa shape index (κ3) is 2.97. The highest BCUT2D eigenvalue weighted by molar-refractivity contribution is 5.83. The van der Waals surface area contributed by atoms with Crippen LogP contribution >= 0.6 is 0 Å². The standard InChI is InChI=1S/C15H25NO4/c1-10(17)9-16-14(19)15-6-3-4-11(8-15)12(5-7-15)13(18)20-2/h10-12,17H,3-9H2,1-2H3,(H,16,19). The van der Waals surface area contributed by atoms with Gasteiger partial charge in [-0.15, -0.1) is 0 Å². The fourth-order valence-electron chi connectivity index (χ4n) is 3.86. The number of fused-ring (bicyclic) bond motifs is 2. The zero-order chi connectivity index (χ0) is 14.8. The third-order valence-electron chi connectivity index (χ3n) is 4.93. The molecule has 2 aliphatic carbocycles. The van der Waals surface area contributed by atoms with Crippen LogP contribution in [0.15, 0.2) is 0 Å². The van der Waals surface area contributed by atoms with Crippen molar-refractivity contribution in [3.05, 3.63) is 0 Å². The van der Waals surface area contributed by atoms with Crippen molar-refractivity contribution < 1.29 is 19.4 Å². The fourth-order valence-corrected chi connectivity index (χ4v) is 3.86. The number of aliphatic hydroxyl groups excluding tert-OH is 1. The van der Waals surface area contributed by atoms with Crippen LogP contribution in [-0.4, -0.2) is 36.7 Å². The van der Waals surface area contributed by atoms with Gasteiger partial charge in [0.05, 0.1) is 19.1 Å². The van der Waals surface area contributed by atoms with Crippen LogP contribution in [0, 0.1) is 17.3 Å². The highest BCUT2D eigenvalue weighted by atomic mass is 16.5. The van der Waals surface area contributed by atoms with Crippen molar-refractivity contribution in [3.8, 4) is 0 Å². The molecule has 2 rings (SSSR count). The van der Waals surface area contributed by atoms with E-state index in [1.807, 2.05) is 0 Å². The molecule has 2 bridgehead atoms. The summed E-state index contributed by atoms with van der Waals surface area (Å²) >= 11 is 0. The minimum absolute atomic E-state index is 0.0435. The first-order chi connectivity index (χ1) is 9.48. The summed E-state index contributed by atoms with van der Waals surface area (Å²) in [5.74, 6) is 0.140. The summed E-state index contributed by atoms with van der Waals surface area (Å²) in [6.07, 6.45) is 4.61. The largest absolute Gasteiger partial charge is 0.469 e. The summed E-state index contributed by atoms with van der Waals surface area (Å²) in [4.78, 5) is 24.2. The Morgan fingerprint density at radius 3 is 2.80 bits per heavy atom. The van der Waals surface area contributed by atoms with Crippen LogP contribution in [0.2, 0.25) is 0 Å². The molecule has 20 heavy (non-hydrogen) atoms. The van der Waals surface area contributed by atoms with Crippen molar-refractivity contribution in [2.45, 2.75) is 51.6 Å². The average Bonchev–Trinajstić information content (AvgIpc) is 2.44. The molecule has 0 radical (unpaired) electrons. The number of carbonyl (C=O) groups is 2. The summed E-state index contributed by atoms with van der Waals surface area (Å²) in [6.45, 7) is 1.96. The van der Waals surface area contributed by atoms with Gasteiger partial charge >= 0.3 is 5.97 Å². The monoisotopic (exact) mass is 283 g/mol. The van der Waals surface area contributed by atoms with Crippen molar-refractivity contribution in [2.75, 3.05) is 13.7 Å².